The monoisotopic (exact) mass is 245 g/mol. The Labute approximate surface area is 110 Å². The largest absolute Gasteiger partial charge is 0.256 e. The van der Waals surface area contributed by atoms with Crippen LogP contribution in [-0.2, 0) is 0 Å². The zero-order valence-electron chi connectivity index (χ0n) is 10.2. The molecule has 0 saturated carbocycles. The first kappa shape index (κ1) is 10.3. The first-order valence-corrected chi connectivity index (χ1v) is 6.20. The van der Waals surface area contributed by atoms with E-state index in [4.69, 9.17) is 0 Å². The zero-order chi connectivity index (χ0) is 12.7. The van der Waals surface area contributed by atoms with Crippen molar-refractivity contribution in [3.63, 3.8) is 0 Å². The molecule has 0 unspecified atom stereocenters. The SMILES string of the molecule is c1cnc2ccc(-n3ncc4ccccc43)cc2c1. The smallest absolute Gasteiger partial charge is 0.0741 e. The van der Waals surface area contributed by atoms with Crippen molar-refractivity contribution in [2.75, 3.05) is 0 Å². The van der Waals surface area contributed by atoms with Crippen molar-refractivity contribution in [1.29, 1.82) is 0 Å². The quantitative estimate of drug-likeness (QED) is 0.513. The number of hydrogen-bond acceptors (Lipinski definition) is 2. The van der Waals surface area contributed by atoms with Crippen LogP contribution in [0.25, 0.3) is 27.5 Å². The second-order valence-electron chi connectivity index (χ2n) is 4.50. The molecular weight excluding hydrogens is 234 g/mol. The van der Waals surface area contributed by atoms with Crippen molar-refractivity contribution >= 4 is 21.8 Å². The number of pyridine rings is 1. The fourth-order valence-electron chi connectivity index (χ4n) is 2.37. The van der Waals surface area contributed by atoms with E-state index in [2.05, 4.69) is 40.4 Å². The van der Waals surface area contributed by atoms with Gasteiger partial charge in [-0.25, -0.2) is 4.68 Å². The predicted octanol–water partition coefficient (Wildman–Crippen LogP) is 3.57. The highest BCUT2D eigenvalue weighted by Gasteiger charge is 2.04. The molecule has 2 aromatic heterocycles. The van der Waals surface area contributed by atoms with Gasteiger partial charge in [-0.1, -0.05) is 24.3 Å². The molecule has 0 saturated heterocycles. The van der Waals surface area contributed by atoms with Gasteiger partial charge in [0.1, 0.15) is 0 Å². The molecule has 0 spiro atoms. The van der Waals surface area contributed by atoms with E-state index in [9.17, 15) is 0 Å². The van der Waals surface area contributed by atoms with Gasteiger partial charge in [-0.2, -0.15) is 5.10 Å². The Bertz CT molecular complexity index is 877. The van der Waals surface area contributed by atoms with Gasteiger partial charge < -0.3 is 0 Å². The van der Waals surface area contributed by atoms with E-state index in [0.29, 0.717) is 0 Å². The third-order valence-electron chi connectivity index (χ3n) is 3.31. The van der Waals surface area contributed by atoms with Crippen LogP contribution in [-0.4, -0.2) is 14.8 Å². The molecule has 2 heterocycles. The van der Waals surface area contributed by atoms with Gasteiger partial charge in [0, 0.05) is 17.0 Å². The molecule has 0 atom stereocenters. The maximum atomic E-state index is 4.47. The second-order valence-corrected chi connectivity index (χ2v) is 4.50. The van der Waals surface area contributed by atoms with Crippen molar-refractivity contribution in [2.24, 2.45) is 0 Å². The first-order valence-electron chi connectivity index (χ1n) is 6.20. The van der Waals surface area contributed by atoms with E-state index in [1.807, 2.05) is 41.3 Å². The summed E-state index contributed by atoms with van der Waals surface area (Å²) in [5.41, 5.74) is 3.18. The van der Waals surface area contributed by atoms with E-state index in [1.165, 1.54) is 0 Å². The molecular formula is C16H11N3. The predicted molar refractivity (Wildman–Crippen MR) is 76.4 cm³/mol. The van der Waals surface area contributed by atoms with Crippen molar-refractivity contribution < 1.29 is 0 Å². The molecule has 90 valence electrons. The molecule has 4 aromatic rings. The summed E-state index contributed by atoms with van der Waals surface area (Å²) in [4.78, 5) is 4.34. The summed E-state index contributed by atoms with van der Waals surface area (Å²) in [6.45, 7) is 0. The standard InChI is InChI=1S/C16H11N3/c1-2-6-16-13(4-1)11-18-19(16)14-7-8-15-12(10-14)5-3-9-17-15/h1-11H. The van der Waals surface area contributed by atoms with Gasteiger partial charge in [0.25, 0.3) is 0 Å². The van der Waals surface area contributed by atoms with Crippen LogP contribution in [0.15, 0.2) is 67.0 Å². The summed E-state index contributed by atoms with van der Waals surface area (Å²) >= 11 is 0. The van der Waals surface area contributed by atoms with Crippen LogP contribution in [0.5, 0.6) is 0 Å². The molecule has 0 amide bonds. The molecule has 3 nitrogen and oxygen atoms in total. The highest BCUT2D eigenvalue weighted by molar-refractivity contribution is 5.83. The van der Waals surface area contributed by atoms with E-state index >= 15 is 0 Å². The van der Waals surface area contributed by atoms with E-state index < -0.39 is 0 Å². The number of aromatic nitrogens is 3. The molecule has 0 N–H and O–H groups in total. The molecule has 2 aromatic carbocycles. The lowest BCUT2D eigenvalue weighted by molar-refractivity contribution is 0.912. The van der Waals surface area contributed by atoms with Gasteiger partial charge in [0.05, 0.1) is 22.9 Å². The van der Waals surface area contributed by atoms with Gasteiger partial charge in [-0.3, -0.25) is 4.98 Å². The Hall–Kier alpha value is -2.68. The Morgan fingerprint density at radius 1 is 0.842 bits per heavy atom. The number of fused-ring (bicyclic) bond motifs is 2. The molecule has 0 radical (unpaired) electrons. The van der Waals surface area contributed by atoms with Crippen LogP contribution in [0.2, 0.25) is 0 Å². The molecule has 0 aliphatic heterocycles. The Kier molecular flexibility index (Phi) is 2.12. The van der Waals surface area contributed by atoms with Crippen LogP contribution in [0, 0.1) is 0 Å². The molecule has 0 aliphatic rings. The maximum Gasteiger partial charge on any atom is 0.0741 e. The summed E-state index contributed by atoms with van der Waals surface area (Å²) in [6, 6.07) is 18.4. The number of benzene rings is 2. The average molecular weight is 245 g/mol. The lowest BCUT2D eigenvalue weighted by atomic mass is 10.2. The zero-order valence-corrected chi connectivity index (χ0v) is 10.2. The van der Waals surface area contributed by atoms with Crippen LogP contribution in [0.3, 0.4) is 0 Å². The fourth-order valence-corrected chi connectivity index (χ4v) is 2.37. The lowest BCUT2D eigenvalue weighted by Crippen LogP contribution is -1.95. The Balaban J connectivity index is 1.99. The van der Waals surface area contributed by atoms with Crippen LogP contribution < -0.4 is 0 Å². The Morgan fingerprint density at radius 3 is 2.74 bits per heavy atom. The first-order chi connectivity index (χ1) is 9.42. The van der Waals surface area contributed by atoms with Crippen molar-refractivity contribution in [3.05, 3.63) is 67.0 Å². The van der Waals surface area contributed by atoms with Crippen LogP contribution in [0.1, 0.15) is 0 Å². The van der Waals surface area contributed by atoms with Gasteiger partial charge >= 0.3 is 0 Å². The number of hydrogen-bond donors (Lipinski definition) is 0. The van der Waals surface area contributed by atoms with E-state index in [0.717, 1.165) is 27.5 Å². The number of para-hydroxylation sites is 1. The normalized spacial score (nSPS) is 11.2. The highest BCUT2D eigenvalue weighted by Crippen LogP contribution is 2.21. The third kappa shape index (κ3) is 1.59. The molecule has 4 rings (SSSR count). The van der Waals surface area contributed by atoms with Gasteiger partial charge in [-0.05, 0) is 30.3 Å². The maximum absolute atomic E-state index is 4.47. The van der Waals surface area contributed by atoms with Crippen molar-refractivity contribution in [3.8, 4) is 5.69 Å². The molecule has 3 heteroatoms. The van der Waals surface area contributed by atoms with Gasteiger partial charge in [-0.15, -0.1) is 0 Å². The van der Waals surface area contributed by atoms with Gasteiger partial charge in [0.15, 0.2) is 0 Å². The lowest BCUT2D eigenvalue weighted by Gasteiger charge is -2.05. The van der Waals surface area contributed by atoms with Gasteiger partial charge in [0.2, 0.25) is 0 Å². The summed E-state index contributed by atoms with van der Waals surface area (Å²) < 4.78 is 1.96. The minimum Gasteiger partial charge on any atom is -0.256 e. The average Bonchev–Trinajstić information content (AvgIpc) is 2.91. The number of nitrogens with zero attached hydrogens (tertiary/aromatic N) is 3. The molecule has 19 heavy (non-hydrogen) atoms. The van der Waals surface area contributed by atoms with Crippen LogP contribution in [0.4, 0.5) is 0 Å². The van der Waals surface area contributed by atoms with Crippen molar-refractivity contribution in [1.82, 2.24) is 14.8 Å². The molecule has 0 aliphatic carbocycles. The Morgan fingerprint density at radius 2 is 1.74 bits per heavy atom. The topological polar surface area (TPSA) is 30.7 Å². The third-order valence-corrected chi connectivity index (χ3v) is 3.31. The summed E-state index contributed by atoms with van der Waals surface area (Å²) in [7, 11) is 0. The van der Waals surface area contributed by atoms with Crippen molar-refractivity contribution in [2.45, 2.75) is 0 Å². The second kappa shape index (κ2) is 3.92. The van der Waals surface area contributed by atoms with E-state index in [-0.39, 0.29) is 0 Å². The minimum absolute atomic E-state index is 1.00. The van der Waals surface area contributed by atoms with E-state index in [1.54, 1.807) is 0 Å². The molecule has 0 bridgehead atoms. The summed E-state index contributed by atoms with van der Waals surface area (Å²) in [5.74, 6) is 0. The van der Waals surface area contributed by atoms with Crippen LogP contribution >= 0.6 is 0 Å². The summed E-state index contributed by atoms with van der Waals surface area (Å²) in [5, 5.41) is 6.74. The highest BCUT2D eigenvalue weighted by atomic mass is 15.3. The fraction of sp³-hybridized carbons (Fsp3) is 0. The minimum atomic E-state index is 1.00. The number of rotatable bonds is 1. The molecule has 0 fully saturated rings. The summed E-state index contributed by atoms with van der Waals surface area (Å²) in [6.07, 6.45) is 3.70.